The first-order valence-corrected chi connectivity index (χ1v) is 7.52. The van der Waals surface area contributed by atoms with Crippen LogP contribution in [0, 0.1) is 10.1 Å². The van der Waals surface area contributed by atoms with Gasteiger partial charge in [-0.3, -0.25) is 10.1 Å². The van der Waals surface area contributed by atoms with Gasteiger partial charge in [-0.15, -0.1) is 11.8 Å². The van der Waals surface area contributed by atoms with Crippen LogP contribution >= 0.6 is 11.8 Å². The van der Waals surface area contributed by atoms with Crippen molar-refractivity contribution in [3.05, 3.63) is 58.1 Å². The first-order valence-electron chi connectivity index (χ1n) is 6.29. The molecule has 21 heavy (non-hydrogen) atoms. The van der Waals surface area contributed by atoms with Crippen LogP contribution in [0.5, 0.6) is 11.5 Å². The van der Waals surface area contributed by atoms with Crippen molar-refractivity contribution in [1.82, 2.24) is 0 Å². The molecule has 0 aliphatic rings. The molecule has 0 saturated heterocycles. The second-order valence-electron chi connectivity index (χ2n) is 4.44. The molecule has 5 nitrogen and oxygen atoms in total. The number of hydrogen-bond donors (Lipinski definition) is 1. The van der Waals surface area contributed by atoms with E-state index in [0.717, 1.165) is 4.90 Å². The molecular weight excluding hydrogens is 290 g/mol. The predicted molar refractivity (Wildman–Crippen MR) is 82.0 cm³/mol. The van der Waals surface area contributed by atoms with Gasteiger partial charge in [0.25, 0.3) is 0 Å². The Labute approximate surface area is 126 Å². The Morgan fingerprint density at radius 1 is 1.24 bits per heavy atom. The molecule has 1 atom stereocenters. The van der Waals surface area contributed by atoms with Crippen LogP contribution in [0.3, 0.4) is 0 Å². The lowest BCUT2D eigenvalue weighted by Crippen LogP contribution is -1.97. The maximum atomic E-state index is 11.1. The lowest BCUT2D eigenvalue weighted by Gasteiger charge is -2.09. The highest BCUT2D eigenvalue weighted by molar-refractivity contribution is 7.98. The standard InChI is InChI=1S/C15H15NO4S/c1-10(17)11-3-8-15(14(9-11)16(18)19)20-12-4-6-13(21-2)7-5-12/h3-10,17H,1-2H3/t10-/m1/s1. The molecule has 0 fully saturated rings. The van der Waals surface area contributed by atoms with Gasteiger partial charge in [0.15, 0.2) is 0 Å². The van der Waals surface area contributed by atoms with E-state index in [1.807, 2.05) is 18.4 Å². The average molecular weight is 305 g/mol. The summed E-state index contributed by atoms with van der Waals surface area (Å²) >= 11 is 1.61. The summed E-state index contributed by atoms with van der Waals surface area (Å²) in [5.74, 6) is 0.682. The van der Waals surface area contributed by atoms with Crippen molar-refractivity contribution in [2.75, 3.05) is 6.26 Å². The van der Waals surface area contributed by atoms with Crippen LogP contribution in [-0.2, 0) is 0 Å². The quantitative estimate of drug-likeness (QED) is 0.510. The Hall–Kier alpha value is -2.05. The number of aliphatic hydroxyl groups is 1. The fourth-order valence-electron chi connectivity index (χ4n) is 1.79. The minimum atomic E-state index is -0.765. The fourth-order valence-corrected chi connectivity index (χ4v) is 2.20. The van der Waals surface area contributed by atoms with Crippen molar-refractivity contribution in [3.8, 4) is 11.5 Å². The number of thioether (sulfide) groups is 1. The van der Waals surface area contributed by atoms with Gasteiger partial charge in [0.2, 0.25) is 5.75 Å². The van der Waals surface area contributed by atoms with Crippen LogP contribution < -0.4 is 4.74 Å². The van der Waals surface area contributed by atoms with Crippen molar-refractivity contribution in [2.24, 2.45) is 0 Å². The second-order valence-corrected chi connectivity index (χ2v) is 5.32. The minimum Gasteiger partial charge on any atom is -0.450 e. The zero-order chi connectivity index (χ0) is 15.4. The van der Waals surface area contributed by atoms with Crippen molar-refractivity contribution in [1.29, 1.82) is 0 Å². The van der Waals surface area contributed by atoms with Crippen LogP contribution in [0.4, 0.5) is 5.69 Å². The summed E-state index contributed by atoms with van der Waals surface area (Å²) in [6.07, 6.45) is 1.20. The third-order valence-electron chi connectivity index (χ3n) is 2.95. The van der Waals surface area contributed by atoms with Gasteiger partial charge in [0.05, 0.1) is 11.0 Å². The molecule has 2 aromatic rings. The van der Waals surface area contributed by atoms with E-state index >= 15 is 0 Å². The van der Waals surface area contributed by atoms with Crippen LogP contribution in [0.1, 0.15) is 18.6 Å². The molecule has 2 aromatic carbocycles. The molecule has 0 amide bonds. The molecule has 1 N–H and O–H groups in total. The number of hydrogen-bond acceptors (Lipinski definition) is 5. The van der Waals surface area contributed by atoms with E-state index in [2.05, 4.69) is 0 Å². The zero-order valence-electron chi connectivity index (χ0n) is 11.6. The molecule has 6 heteroatoms. The molecule has 0 unspecified atom stereocenters. The summed E-state index contributed by atoms with van der Waals surface area (Å²) in [6, 6.07) is 11.7. The monoisotopic (exact) mass is 305 g/mol. The first kappa shape index (κ1) is 15.3. The van der Waals surface area contributed by atoms with Gasteiger partial charge in [-0.25, -0.2) is 0 Å². The molecule has 0 radical (unpaired) electrons. The van der Waals surface area contributed by atoms with E-state index in [0.29, 0.717) is 11.3 Å². The van der Waals surface area contributed by atoms with Crippen molar-refractivity contribution in [3.63, 3.8) is 0 Å². The van der Waals surface area contributed by atoms with Gasteiger partial charge in [-0.05, 0) is 49.1 Å². The van der Waals surface area contributed by atoms with Gasteiger partial charge in [0, 0.05) is 11.0 Å². The van der Waals surface area contributed by atoms with Crippen LogP contribution in [0.25, 0.3) is 0 Å². The third-order valence-corrected chi connectivity index (χ3v) is 3.69. The number of nitro groups is 1. The molecule has 0 heterocycles. The SMILES string of the molecule is CSc1ccc(Oc2ccc([C@@H](C)O)cc2[N+](=O)[O-])cc1. The molecule has 2 rings (SSSR count). The second kappa shape index (κ2) is 6.60. The number of benzene rings is 2. The highest BCUT2D eigenvalue weighted by atomic mass is 32.2. The minimum absolute atomic E-state index is 0.154. The molecule has 0 bridgehead atoms. The van der Waals surface area contributed by atoms with Gasteiger partial charge >= 0.3 is 5.69 Å². The molecule has 0 aliphatic heterocycles. The number of rotatable bonds is 5. The van der Waals surface area contributed by atoms with Crippen molar-refractivity contribution >= 4 is 17.4 Å². The maximum absolute atomic E-state index is 11.1. The van der Waals surface area contributed by atoms with Gasteiger partial charge in [-0.1, -0.05) is 6.07 Å². The van der Waals surface area contributed by atoms with E-state index in [1.54, 1.807) is 36.9 Å². The summed E-state index contributed by atoms with van der Waals surface area (Å²) in [5.41, 5.74) is 0.314. The van der Waals surface area contributed by atoms with E-state index in [1.165, 1.54) is 12.1 Å². The smallest absolute Gasteiger partial charge is 0.311 e. The normalized spacial score (nSPS) is 12.0. The lowest BCUT2D eigenvalue weighted by atomic mass is 10.1. The highest BCUT2D eigenvalue weighted by Crippen LogP contribution is 2.34. The van der Waals surface area contributed by atoms with Crippen LogP contribution in [-0.4, -0.2) is 16.3 Å². The van der Waals surface area contributed by atoms with E-state index < -0.39 is 11.0 Å². The van der Waals surface area contributed by atoms with Gasteiger partial charge in [-0.2, -0.15) is 0 Å². The Bertz CT molecular complexity index is 641. The Morgan fingerprint density at radius 2 is 1.90 bits per heavy atom. The van der Waals surface area contributed by atoms with Crippen LogP contribution in [0.2, 0.25) is 0 Å². The number of ether oxygens (including phenoxy) is 1. The lowest BCUT2D eigenvalue weighted by molar-refractivity contribution is -0.385. The van der Waals surface area contributed by atoms with E-state index in [-0.39, 0.29) is 11.4 Å². The predicted octanol–water partition coefficient (Wildman–Crippen LogP) is 4.16. The third kappa shape index (κ3) is 3.74. The first-order chi connectivity index (χ1) is 10.0. The fraction of sp³-hybridized carbons (Fsp3) is 0.200. The molecule has 0 aromatic heterocycles. The van der Waals surface area contributed by atoms with Crippen molar-refractivity contribution in [2.45, 2.75) is 17.9 Å². The maximum Gasteiger partial charge on any atom is 0.311 e. The number of aliphatic hydroxyl groups excluding tert-OH is 1. The largest absolute Gasteiger partial charge is 0.450 e. The Kier molecular flexibility index (Phi) is 4.82. The van der Waals surface area contributed by atoms with Crippen LogP contribution in [0.15, 0.2) is 47.4 Å². The van der Waals surface area contributed by atoms with E-state index in [4.69, 9.17) is 4.74 Å². The summed E-state index contributed by atoms with van der Waals surface area (Å²) < 4.78 is 5.57. The Balaban J connectivity index is 2.31. The summed E-state index contributed by atoms with van der Waals surface area (Å²) in [5, 5.41) is 20.6. The summed E-state index contributed by atoms with van der Waals surface area (Å²) in [7, 11) is 0. The van der Waals surface area contributed by atoms with Crippen molar-refractivity contribution < 1.29 is 14.8 Å². The summed E-state index contributed by atoms with van der Waals surface area (Å²) in [6.45, 7) is 1.56. The molecule has 110 valence electrons. The average Bonchev–Trinajstić information content (AvgIpc) is 2.48. The highest BCUT2D eigenvalue weighted by Gasteiger charge is 2.18. The zero-order valence-corrected chi connectivity index (χ0v) is 12.5. The Morgan fingerprint density at radius 3 is 2.43 bits per heavy atom. The number of nitro benzene ring substituents is 1. The molecule has 0 saturated carbocycles. The molecule has 0 aliphatic carbocycles. The van der Waals surface area contributed by atoms with Gasteiger partial charge in [0.1, 0.15) is 5.75 Å². The van der Waals surface area contributed by atoms with E-state index in [9.17, 15) is 15.2 Å². The topological polar surface area (TPSA) is 72.6 Å². The molecule has 0 spiro atoms. The molecular formula is C15H15NO4S. The number of nitrogens with zero attached hydrogens (tertiary/aromatic N) is 1. The summed E-state index contributed by atoms with van der Waals surface area (Å²) in [4.78, 5) is 11.7. The van der Waals surface area contributed by atoms with Gasteiger partial charge < -0.3 is 9.84 Å².